The molecule has 1 aromatic heterocycles. The molecule has 6 heteroatoms. The quantitative estimate of drug-likeness (QED) is 0.718. The Hall–Kier alpha value is -2.50. The molecule has 1 amide bonds. The summed E-state index contributed by atoms with van der Waals surface area (Å²) in [7, 11) is 1.93. The number of nitrogens with zero attached hydrogens (tertiary/aromatic N) is 2. The highest BCUT2D eigenvalue weighted by molar-refractivity contribution is 5.96. The molecule has 0 spiro atoms. The lowest BCUT2D eigenvalue weighted by molar-refractivity contribution is 0.0956. The highest BCUT2D eigenvalue weighted by Crippen LogP contribution is 2.20. The number of hydrogen-bond acceptors (Lipinski definition) is 4. The van der Waals surface area contributed by atoms with E-state index in [0.29, 0.717) is 24.3 Å². The van der Waals surface area contributed by atoms with Crippen LogP contribution in [0.3, 0.4) is 0 Å². The summed E-state index contributed by atoms with van der Waals surface area (Å²) in [6.07, 6.45) is 3.62. The summed E-state index contributed by atoms with van der Waals surface area (Å²) in [5, 5.41) is 5.97. The van der Waals surface area contributed by atoms with Gasteiger partial charge in [0.05, 0.1) is 17.9 Å². The lowest BCUT2D eigenvalue weighted by atomic mass is 10.1. The first-order chi connectivity index (χ1) is 9.61. The van der Waals surface area contributed by atoms with Crippen molar-refractivity contribution in [2.75, 3.05) is 17.6 Å². The zero-order valence-corrected chi connectivity index (χ0v) is 11.7. The van der Waals surface area contributed by atoms with E-state index in [2.05, 4.69) is 15.6 Å². The number of amides is 1. The fourth-order valence-corrected chi connectivity index (χ4v) is 1.85. The van der Waals surface area contributed by atoms with Crippen LogP contribution in [0.5, 0.6) is 0 Å². The minimum absolute atomic E-state index is 0.104. The third-order valence-corrected chi connectivity index (χ3v) is 3.01. The van der Waals surface area contributed by atoms with Gasteiger partial charge in [0.2, 0.25) is 0 Å². The topological polar surface area (TPSA) is 85.0 Å². The minimum atomic E-state index is -0.104. The van der Waals surface area contributed by atoms with Crippen LogP contribution >= 0.6 is 0 Å². The van der Waals surface area contributed by atoms with Gasteiger partial charge in [-0.15, -0.1) is 0 Å². The summed E-state index contributed by atoms with van der Waals surface area (Å²) in [6, 6.07) is 5.20. The van der Waals surface area contributed by atoms with E-state index in [1.807, 2.05) is 24.7 Å². The Morgan fingerprint density at radius 3 is 2.90 bits per heavy atom. The molecule has 2 aromatic rings. The maximum atomic E-state index is 11.8. The van der Waals surface area contributed by atoms with Gasteiger partial charge in [-0.2, -0.15) is 0 Å². The number of rotatable bonds is 5. The van der Waals surface area contributed by atoms with Crippen LogP contribution in [0.25, 0.3) is 0 Å². The summed E-state index contributed by atoms with van der Waals surface area (Å²) >= 11 is 0. The second-order valence-corrected chi connectivity index (χ2v) is 4.47. The molecule has 1 heterocycles. The molecule has 0 aliphatic carbocycles. The fraction of sp³-hybridized carbons (Fsp3) is 0.286. The average Bonchev–Trinajstić information content (AvgIpc) is 2.83. The van der Waals surface area contributed by atoms with Gasteiger partial charge in [0.25, 0.3) is 5.91 Å². The van der Waals surface area contributed by atoms with E-state index in [9.17, 15) is 4.79 Å². The van der Waals surface area contributed by atoms with Crippen LogP contribution < -0.4 is 16.4 Å². The number of benzene rings is 1. The highest BCUT2D eigenvalue weighted by atomic mass is 16.1. The van der Waals surface area contributed by atoms with E-state index in [0.717, 1.165) is 11.5 Å². The van der Waals surface area contributed by atoms with Crippen molar-refractivity contribution in [2.45, 2.75) is 13.5 Å². The van der Waals surface area contributed by atoms with Crippen molar-refractivity contribution in [3.05, 3.63) is 42.0 Å². The van der Waals surface area contributed by atoms with Gasteiger partial charge in [-0.3, -0.25) is 4.79 Å². The van der Waals surface area contributed by atoms with Crippen molar-refractivity contribution in [2.24, 2.45) is 7.05 Å². The van der Waals surface area contributed by atoms with Gasteiger partial charge in [-0.05, 0) is 25.1 Å². The van der Waals surface area contributed by atoms with Gasteiger partial charge in [-0.1, -0.05) is 0 Å². The molecule has 0 saturated carbocycles. The molecule has 0 saturated heterocycles. The number of anilines is 2. The van der Waals surface area contributed by atoms with Gasteiger partial charge in [-0.25, -0.2) is 4.98 Å². The molecule has 0 radical (unpaired) electrons. The smallest absolute Gasteiger partial charge is 0.251 e. The number of aryl methyl sites for hydroxylation is 1. The van der Waals surface area contributed by atoms with E-state index in [-0.39, 0.29) is 5.91 Å². The lowest BCUT2D eigenvalue weighted by Gasteiger charge is -2.11. The first-order valence-electron chi connectivity index (χ1n) is 6.49. The molecule has 0 aliphatic heterocycles. The molecule has 0 aliphatic rings. The van der Waals surface area contributed by atoms with Crippen molar-refractivity contribution in [3.8, 4) is 0 Å². The standard InChI is InChI=1S/C14H19N5O/c1-3-16-14(20)10-4-5-11(15)12(8-10)18-9-13-17-6-7-19(13)2/h4-8,18H,3,9,15H2,1-2H3,(H,16,20). The molecule has 4 N–H and O–H groups in total. The Kier molecular flexibility index (Phi) is 4.24. The van der Waals surface area contributed by atoms with Crippen LogP contribution in [0.1, 0.15) is 23.1 Å². The van der Waals surface area contributed by atoms with Crippen molar-refractivity contribution >= 4 is 17.3 Å². The molecule has 1 aromatic carbocycles. The number of nitrogens with one attached hydrogen (secondary N) is 2. The predicted octanol–water partition coefficient (Wildman–Crippen LogP) is 1.36. The number of nitrogens with two attached hydrogens (primary N) is 1. The third-order valence-electron chi connectivity index (χ3n) is 3.01. The first-order valence-corrected chi connectivity index (χ1v) is 6.49. The van der Waals surface area contributed by atoms with Crippen molar-refractivity contribution < 1.29 is 4.79 Å². The number of nitrogen functional groups attached to an aromatic ring is 1. The molecular weight excluding hydrogens is 254 g/mol. The monoisotopic (exact) mass is 273 g/mol. The Labute approximate surface area is 118 Å². The Morgan fingerprint density at radius 2 is 2.25 bits per heavy atom. The van der Waals surface area contributed by atoms with Crippen LogP contribution in [-0.2, 0) is 13.6 Å². The lowest BCUT2D eigenvalue weighted by Crippen LogP contribution is -2.22. The summed E-state index contributed by atoms with van der Waals surface area (Å²) in [5.74, 6) is 0.792. The normalized spacial score (nSPS) is 10.3. The van der Waals surface area contributed by atoms with Gasteiger partial charge in [0, 0.05) is 31.5 Å². The number of carbonyl (C=O) groups is 1. The predicted molar refractivity (Wildman–Crippen MR) is 79.4 cm³/mol. The molecule has 2 rings (SSSR count). The van der Waals surface area contributed by atoms with Gasteiger partial charge < -0.3 is 20.9 Å². The SMILES string of the molecule is CCNC(=O)c1ccc(N)c(NCc2nccn2C)c1. The zero-order chi connectivity index (χ0) is 14.5. The second-order valence-electron chi connectivity index (χ2n) is 4.47. The minimum Gasteiger partial charge on any atom is -0.397 e. The Balaban J connectivity index is 2.12. The Bertz CT molecular complexity index is 605. The molecule has 0 atom stereocenters. The summed E-state index contributed by atoms with van der Waals surface area (Å²) in [4.78, 5) is 16.0. The zero-order valence-electron chi connectivity index (χ0n) is 11.7. The highest BCUT2D eigenvalue weighted by Gasteiger charge is 2.08. The van der Waals surface area contributed by atoms with Crippen LogP contribution in [0.2, 0.25) is 0 Å². The van der Waals surface area contributed by atoms with Crippen molar-refractivity contribution in [1.29, 1.82) is 0 Å². The van der Waals surface area contributed by atoms with E-state index < -0.39 is 0 Å². The molecule has 0 fully saturated rings. The summed E-state index contributed by atoms with van der Waals surface area (Å²) in [6.45, 7) is 3.03. The number of carbonyl (C=O) groups excluding carboxylic acids is 1. The average molecular weight is 273 g/mol. The maximum absolute atomic E-state index is 11.8. The van der Waals surface area contributed by atoms with Crippen molar-refractivity contribution in [3.63, 3.8) is 0 Å². The number of imidazole rings is 1. The fourth-order valence-electron chi connectivity index (χ4n) is 1.85. The van der Waals surface area contributed by atoms with E-state index in [4.69, 9.17) is 5.73 Å². The van der Waals surface area contributed by atoms with Crippen LogP contribution in [0, 0.1) is 0 Å². The van der Waals surface area contributed by atoms with Gasteiger partial charge in [0.15, 0.2) is 0 Å². The molecule has 106 valence electrons. The maximum Gasteiger partial charge on any atom is 0.251 e. The van der Waals surface area contributed by atoms with Crippen LogP contribution in [-0.4, -0.2) is 22.0 Å². The summed E-state index contributed by atoms with van der Waals surface area (Å²) < 4.78 is 1.93. The number of aromatic nitrogens is 2. The van der Waals surface area contributed by atoms with Crippen LogP contribution in [0.4, 0.5) is 11.4 Å². The van der Waals surface area contributed by atoms with Gasteiger partial charge in [0.1, 0.15) is 5.82 Å². The number of hydrogen-bond donors (Lipinski definition) is 3. The Morgan fingerprint density at radius 1 is 1.45 bits per heavy atom. The molecule has 20 heavy (non-hydrogen) atoms. The van der Waals surface area contributed by atoms with E-state index >= 15 is 0 Å². The van der Waals surface area contributed by atoms with Gasteiger partial charge >= 0.3 is 0 Å². The molecule has 0 unspecified atom stereocenters. The first kappa shape index (κ1) is 13.9. The van der Waals surface area contributed by atoms with Crippen molar-refractivity contribution in [1.82, 2.24) is 14.9 Å². The molecular formula is C14H19N5O. The van der Waals surface area contributed by atoms with E-state index in [1.165, 1.54) is 0 Å². The van der Waals surface area contributed by atoms with E-state index in [1.54, 1.807) is 24.4 Å². The largest absolute Gasteiger partial charge is 0.397 e. The third kappa shape index (κ3) is 3.09. The second kappa shape index (κ2) is 6.10. The molecule has 0 bridgehead atoms. The van der Waals surface area contributed by atoms with Crippen LogP contribution in [0.15, 0.2) is 30.6 Å². The molecule has 6 nitrogen and oxygen atoms in total. The summed E-state index contributed by atoms with van der Waals surface area (Å²) in [5.41, 5.74) is 7.84.